The highest BCUT2D eigenvalue weighted by Gasteiger charge is 2.03. The topological polar surface area (TPSA) is 35.2 Å². The lowest BCUT2D eigenvalue weighted by atomic mass is 10.3. The molecule has 0 amide bonds. The summed E-state index contributed by atoms with van der Waals surface area (Å²) in [7, 11) is 0. The molecule has 2 rings (SSSR count). The van der Waals surface area contributed by atoms with E-state index in [2.05, 4.69) is 0 Å². The molecule has 0 fully saturated rings. The number of thiophene rings is 1. The predicted octanol–water partition coefficient (Wildman–Crippen LogP) is 3.05. The average Bonchev–Trinajstić information content (AvgIpc) is 2.69. The second-order valence-corrected chi connectivity index (χ2v) is 3.89. The molecule has 0 spiro atoms. The van der Waals surface area contributed by atoms with E-state index in [0.29, 0.717) is 12.3 Å². The molecule has 0 aliphatic heterocycles. The minimum absolute atomic E-state index is 0.232. The number of nitrogen functional groups attached to an aromatic ring is 1. The molecule has 0 atom stereocenters. The normalized spacial score (nSPS) is 10.2. The van der Waals surface area contributed by atoms with Crippen molar-refractivity contribution in [1.29, 1.82) is 0 Å². The summed E-state index contributed by atoms with van der Waals surface area (Å²) in [5.41, 5.74) is 6.86. The van der Waals surface area contributed by atoms with Gasteiger partial charge in [0, 0.05) is 11.8 Å². The van der Waals surface area contributed by atoms with Crippen LogP contribution in [0.4, 0.5) is 10.1 Å². The third-order valence-corrected chi connectivity index (χ3v) is 2.66. The monoisotopic (exact) mass is 223 g/mol. The van der Waals surface area contributed by atoms with Crippen molar-refractivity contribution in [2.75, 3.05) is 5.73 Å². The van der Waals surface area contributed by atoms with E-state index in [1.165, 1.54) is 12.1 Å². The van der Waals surface area contributed by atoms with Crippen LogP contribution in [0.1, 0.15) is 5.56 Å². The van der Waals surface area contributed by atoms with Crippen LogP contribution in [0.5, 0.6) is 5.75 Å². The lowest BCUT2D eigenvalue weighted by molar-refractivity contribution is 0.291. The van der Waals surface area contributed by atoms with Gasteiger partial charge in [0.2, 0.25) is 0 Å². The highest BCUT2D eigenvalue weighted by atomic mass is 32.1. The smallest absolute Gasteiger partial charge is 0.167 e. The molecule has 2 nitrogen and oxygen atoms in total. The quantitative estimate of drug-likeness (QED) is 0.812. The molecule has 4 heteroatoms. The standard InChI is InChI=1S/C11H10FNOS/c12-10-5-9(13)1-2-11(10)14-6-8-3-4-15-7-8/h1-5,7H,6,13H2. The Morgan fingerprint density at radius 1 is 1.33 bits per heavy atom. The van der Waals surface area contributed by atoms with Gasteiger partial charge in [0.05, 0.1) is 0 Å². The zero-order valence-corrected chi connectivity index (χ0v) is 8.76. The molecule has 78 valence electrons. The van der Waals surface area contributed by atoms with E-state index in [-0.39, 0.29) is 5.75 Å². The second-order valence-electron chi connectivity index (χ2n) is 3.11. The minimum Gasteiger partial charge on any atom is -0.486 e. The zero-order valence-electron chi connectivity index (χ0n) is 7.94. The van der Waals surface area contributed by atoms with E-state index >= 15 is 0 Å². The molecule has 1 aromatic heterocycles. The maximum atomic E-state index is 13.3. The van der Waals surface area contributed by atoms with Crippen molar-refractivity contribution in [2.24, 2.45) is 0 Å². The van der Waals surface area contributed by atoms with Crippen molar-refractivity contribution >= 4 is 17.0 Å². The van der Waals surface area contributed by atoms with Crippen LogP contribution in [0.25, 0.3) is 0 Å². The summed E-state index contributed by atoms with van der Waals surface area (Å²) in [5, 5.41) is 3.92. The maximum Gasteiger partial charge on any atom is 0.167 e. The summed E-state index contributed by atoms with van der Waals surface area (Å²) < 4.78 is 18.6. The van der Waals surface area contributed by atoms with E-state index < -0.39 is 5.82 Å². The largest absolute Gasteiger partial charge is 0.486 e. The molecule has 1 aromatic carbocycles. The number of hydrogen-bond donors (Lipinski definition) is 1. The molecule has 2 N–H and O–H groups in total. The number of rotatable bonds is 3. The predicted molar refractivity (Wildman–Crippen MR) is 59.5 cm³/mol. The van der Waals surface area contributed by atoms with Crippen LogP contribution in [-0.2, 0) is 6.61 Å². The first-order valence-corrected chi connectivity index (χ1v) is 5.39. The number of anilines is 1. The van der Waals surface area contributed by atoms with Gasteiger partial charge in [0.1, 0.15) is 6.61 Å². The second kappa shape index (κ2) is 4.31. The average molecular weight is 223 g/mol. The molecular formula is C11H10FNOS. The summed E-state index contributed by atoms with van der Waals surface area (Å²) in [4.78, 5) is 0. The minimum atomic E-state index is -0.426. The van der Waals surface area contributed by atoms with Gasteiger partial charge in [0.25, 0.3) is 0 Å². The Labute approximate surface area is 91.1 Å². The van der Waals surface area contributed by atoms with Crippen molar-refractivity contribution in [2.45, 2.75) is 6.61 Å². The fourth-order valence-corrected chi connectivity index (χ4v) is 1.82. The van der Waals surface area contributed by atoms with E-state index in [0.717, 1.165) is 5.56 Å². The Hall–Kier alpha value is -1.55. The molecule has 0 aliphatic carbocycles. The Morgan fingerprint density at radius 3 is 2.87 bits per heavy atom. The van der Waals surface area contributed by atoms with E-state index in [4.69, 9.17) is 10.5 Å². The first-order chi connectivity index (χ1) is 7.25. The number of halogens is 1. The van der Waals surface area contributed by atoms with Crippen molar-refractivity contribution in [1.82, 2.24) is 0 Å². The molecule has 0 radical (unpaired) electrons. The number of hydrogen-bond acceptors (Lipinski definition) is 3. The maximum absolute atomic E-state index is 13.3. The molecule has 0 bridgehead atoms. The molecule has 1 heterocycles. The van der Waals surface area contributed by atoms with Crippen LogP contribution in [0.3, 0.4) is 0 Å². The fourth-order valence-electron chi connectivity index (χ4n) is 1.17. The lowest BCUT2D eigenvalue weighted by Gasteiger charge is -2.06. The van der Waals surface area contributed by atoms with E-state index in [9.17, 15) is 4.39 Å². The van der Waals surface area contributed by atoms with Gasteiger partial charge < -0.3 is 10.5 Å². The first-order valence-electron chi connectivity index (χ1n) is 4.44. The van der Waals surface area contributed by atoms with E-state index in [1.807, 2.05) is 16.8 Å². The van der Waals surface area contributed by atoms with Crippen LogP contribution in [0.2, 0.25) is 0 Å². The molecule has 0 saturated carbocycles. The number of benzene rings is 1. The summed E-state index contributed by atoms with van der Waals surface area (Å²) in [6, 6.07) is 6.35. The summed E-state index contributed by atoms with van der Waals surface area (Å²) in [6.07, 6.45) is 0. The van der Waals surface area contributed by atoms with Crippen molar-refractivity contribution in [3.8, 4) is 5.75 Å². The summed E-state index contributed by atoms with van der Waals surface area (Å²) >= 11 is 1.59. The van der Waals surface area contributed by atoms with E-state index in [1.54, 1.807) is 17.4 Å². The number of ether oxygens (including phenoxy) is 1. The van der Waals surface area contributed by atoms with Gasteiger partial charge in [-0.25, -0.2) is 4.39 Å². The van der Waals surface area contributed by atoms with Crippen LogP contribution in [0.15, 0.2) is 35.0 Å². The third-order valence-electron chi connectivity index (χ3n) is 1.93. The fraction of sp³-hybridized carbons (Fsp3) is 0.0909. The Kier molecular flexibility index (Phi) is 2.87. The number of nitrogens with two attached hydrogens (primary N) is 1. The molecule has 0 unspecified atom stereocenters. The van der Waals surface area contributed by atoms with Gasteiger partial charge >= 0.3 is 0 Å². The third kappa shape index (κ3) is 2.47. The SMILES string of the molecule is Nc1ccc(OCc2ccsc2)c(F)c1. The molecular weight excluding hydrogens is 213 g/mol. The summed E-state index contributed by atoms with van der Waals surface area (Å²) in [6.45, 7) is 0.379. The molecule has 0 aliphatic rings. The van der Waals surface area contributed by atoms with Gasteiger partial charge in [-0.3, -0.25) is 0 Å². The van der Waals surface area contributed by atoms with Crippen molar-refractivity contribution in [3.63, 3.8) is 0 Å². The van der Waals surface area contributed by atoms with Gasteiger partial charge in [-0.15, -0.1) is 0 Å². The summed E-state index contributed by atoms with van der Waals surface area (Å²) in [5.74, 6) is -0.194. The molecule has 2 aromatic rings. The van der Waals surface area contributed by atoms with Gasteiger partial charge in [-0.2, -0.15) is 11.3 Å². The molecule has 15 heavy (non-hydrogen) atoms. The van der Waals surface area contributed by atoms with Crippen molar-refractivity contribution < 1.29 is 9.13 Å². The lowest BCUT2D eigenvalue weighted by Crippen LogP contribution is -1.97. The Bertz CT molecular complexity index is 442. The van der Waals surface area contributed by atoms with Crippen molar-refractivity contribution in [3.05, 3.63) is 46.4 Å². The van der Waals surface area contributed by atoms with Crippen LogP contribution in [0, 0.1) is 5.82 Å². The van der Waals surface area contributed by atoms with Crippen LogP contribution < -0.4 is 10.5 Å². The Balaban J connectivity index is 2.05. The van der Waals surface area contributed by atoms with Crippen LogP contribution in [-0.4, -0.2) is 0 Å². The first kappa shape index (κ1) is 9.98. The van der Waals surface area contributed by atoms with Gasteiger partial charge in [-0.05, 0) is 34.5 Å². The zero-order chi connectivity index (χ0) is 10.7. The molecule has 0 saturated heterocycles. The highest BCUT2D eigenvalue weighted by Crippen LogP contribution is 2.20. The van der Waals surface area contributed by atoms with Crippen LogP contribution >= 0.6 is 11.3 Å². The Morgan fingerprint density at radius 2 is 2.20 bits per heavy atom. The highest BCUT2D eigenvalue weighted by molar-refractivity contribution is 7.07. The van der Waals surface area contributed by atoms with Gasteiger partial charge in [-0.1, -0.05) is 0 Å². The van der Waals surface area contributed by atoms with Gasteiger partial charge in [0.15, 0.2) is 11.6 Å².